The van der Waals surface area contributed by atoms with E-state index in [1.165, 1.54) is 19.2 Å². The minimum absolute atomic E-state index is 0.121. The summed E-state index contributed by atoms with van der Waals surface area (Å²) in [6.07, 6.45) is 1.70. The Morgan fingerprint density at radius 3 is 2.50 bits per heavy atom. The van der Waals surface area contributed by atoms with Gasteiger partial charge in [0.1, 0.15) is 0 Å². The van der Waals surface area contributed by atoms with Crippen LogP contribution in [0.1, 0.15) is 37.0 Å². The highest BCUT2D eigenvalue weighted by Crippen LogP contribution is 2.20. The molecule has 0 saturated carbocycles. The first-order chi connectivity index (χ1) is 9.58. The number of halogens is 1. The van der Waals surface area contributed by atoms with Gasteiger partial charge in [-0.15, -0.1) is 0 Å². The predicted octanol–water partition coefficient (Wildman–Crippen LogP) is 2.42. The Labute approximate surface area is 119 Å². The van der Waals surface area contributed by atoms with Gasteiger partial charge in [0.15, 0.2) is 11.6 Å². The van der Waals surface area contributed by atoms with Gasteiger partial charge >= 0.3 is 0 Å². The summed E-state index contributed by atoms with van der Waals surface area (Å²) in [4.78, 5) is 14.2. The lowest BCUT2D eigenvalue weighted by atomic mass is 10.1. The maximum atomic E-state index is 13.7. The third-order valence-corrected chi connectivity index (χ3v) is 3.41. The minimum atomic E-state index is -0.532. The van der Waals surface area contributed by atoms with Gasteiger partial charge in [-0.25, -0.2) is 4.39 Å². The van der Waals surface area contributed by atoms with Crippen LogP contribution < -0.4 is 10.5 Å². The van der Waals surface area contributed by atoms with E-state index in [4.69, 9.17) is 10.5 Å². The van der Waals surface area contributed by atoms with Gasteiger partial charge in [-0.1, -0.05) is 13.8 Å². The van der Waals surface area contributed by atoms with Crippen LogP contribution in [0.4, 0.5) is 4.39 Å². The quantitative estimate of drug-likeness (QED) is 0.835. The molecule has 20 heavy (non-hydrogen) atoms. The van der Waals surface area contributed by atoms with Crippen molar-refractivity contribution in [1.29, 1.82) is 0 Å². The normalized spacial score (nSPS) is 10.7. The van der Waals surface area contributed by atoms with Crippen molar-refractivity contribution in [3.8, 4) is 5.75 Å². The minimum Gasteiger partial charge on any atom is -0.494 e. The maximum absolute atomic E-state index is 13.7. The zero-order valence-electron chi connectivity index (χ0n) is 12.4. The number of ether oxygens (including phenoxy) is 1. The monoisotopic (exact) mass is 282 g/mol. The van der Waals surface area contributed by atoms with Crippen molar-refractivity contribution in [3.05, 3.63) is 29.6 Å². The first-order valence-electron chi connectivity index (χ1n) is 6.93. The van der Waals surface area contributed by atoms with Crippen LogP contribution in [0.5, 0.6) is 5.75 Å². The van der Waals surface area contributed by atoms with Crippen LogP contribution in [0.2, 0.25) is 0 Å². The molecule has 0 bridgehead atoms. The fourth-order valence-electron chi connectivity index (χ4n) is 2.28. The Balaban J connectivity index is 3.02. The zero-order valence-corrected chi connectivity index (χ0v) is 12.4. The van der Waals surface area contributed by atoms with Gasteiger partial charge in [-0.05, 0) is 31.0 Å². The van der Waals surface area contributed by atoms with Gasteiger partial charge in [0.2, 0.25) is 0 Å². The van der Waals surface area contributed by atoms with Gasteiger partial charge in [0.25, 0.3) is 5.91 Å². The van der Waals surface area contributed by atoms with Crippen molar-refractivity contribution in [2.24, 2.45) is 5.73 Å². The molecule has 1 rings (SSSR count). The van der Waals surface area contributed by atoms with Crippen LogP contribution in [0.25, 0.3) is 0 Å². The smallest absolute Gasteiger partial charge is 0.254 e. The van der Waals surface area contributed by atoms with E-state index in [2.05, 4.69) is 0 Å². The Hall–Kier alpha value is -1.62. The molecule has 0 spiro atoms. The highest BCUT2D eigenvalue weighted by Gasteiger charge is 2.22. The summed E-state index contributed by atoms with van der Waals surface area (Å²) >= 11 is 0. The number of rotatable bonds is 7. The van der Waals surface area contributed by atoms with Gasteiger partial charge in [0.05, 0.1) is 7.11 Å². The molecular weight excluding hydrogens is 259 g/mol. The summed E-state index contributed by atoms with van der Waals surface area (Å²) in [5, 5.41) is 0. The summed E-state index contributed by atoms with van der Waals surface area (Å²) in [6, 6.07) is 4.38. The first kappa shape index (κ1) is 16.4. The number of carbonyl (C=O) groups is 1. The van der Waals surface area contributed by atoms with Crippen LogP contribution in [0, 0.1) is 5.82 Å². The summed E-state index contributed by atoms with van der Waals surface area (Å²) in [5.74, 6) is -0.587. The molecule has 0 aromatic heterocycles. The third-order valence-electron chi connectivity index (χ3n) is 3.41. The van der Waals surface area contributed by atoms with Crippen molar-refractivity contribution in [2.75, 3.05) is 20.2 Å². The van der Waals surface area contributed by atoms with E-state index in [0.29, 0.717) is 18.7 Å². The largest absolute Gasteiger partial charge is 0.494 e. The second-order valence-electron chi connectivity index (χ2n) is 4.61. The van der Waals surface area contributed by atoms with Crippen LogP contribution in [0.3, 0.4) is 0 Å². The Bertz CT molecular complexity index is 447. The predicted molar refractivity (Wildman–Crippen MR) is 77.4 cm³/mol. The van der Waals surface area contributed by atoms with E-state index in [-0.39, 0.29) is 17.7 Å². The molecular formula is C15H23FN2O2. The van der Waals surface area contributed by atoms with E-state index < -0.39 is 5.82 Å². The average molecular weight is 282 g/mol. The van der Waals surface area contributed by atoms with E-state index >= 15 is 0 Å². The average Bonchev–Trinajstić information content (AvgIpc) is 2.46. The van der Waals surface area contributed by atoms with Crippen molar-refractivity contribution in [3.63, 3.8) is 0 Å². The molecule has 0 saturated heterocycles. The summed E-state index contributed by atoms with van der Waals surface area (Å²) in [7, 11) is 1.39. The third kappa shape index (κ3) is 3.70. The van der Waals surface area contributed by atoms with Gasteiger partial charge in [0, 0.05) is 24.7 Å². The molecule has 0 fully saturated rings. The fraction of sp³-hybridized carbons (Fsp3) is 0.533. The topological polar surface area (TPSA) is 55.6 Å². The molecule has 0 aliphatic rings. The lowest BCUT2D eigenvalue weighted by Gasteiger charge is -2.30. The van der Waals surface area contributed by atoms with E-state index in [1.807, 2.05) is 13.8 Å². The van der Waals surface area contributed by atoms with Crippen molar-refractivity contribution >= 4 is 5.91 Å². The van der Waals surface area contributed by atoms with Crippen molar-refractivity contribution < 1.29 is 13.9 Å². The molecule has 0 atom stereocenters. The van der Waals surface area contributed by atoms with E-state index in [9.17, 15) is 9.18 Å². The molecule has 1 aromatic carbocycles. The fourth-order valence-corrected chi connectivity index (χ4v) is 2.28. The molecule has 0 radical (unpaired) electrons. The first-order valence-corrected chi connectivity index (χ1v) is 6.93. The van der Waals surface area contributed by atoms with Gasteiger partial charge in [-0.2, -0.15) is 0 Å². The summed E-state index contributed by atoms with van der Waals surface area (Å²) < 4.78 is 18.6. The second-order valence-corrected chi connectivity index (χ2v) is 4.61. The molecule has 1 amide bonds. The molecule has 4 nitrogen and oxygen atoms in total. The van der Waals surface area contributed by atoms with Gasteiger partial charge in [-0.3, -0.25) is 4.79 Å². The molecule has 0 unspecified atom stereocenters. The van der Waals surface area contributed by atoms with Crippen LogP contribution >= 0.6 is 0 Å². The number of methoxy groups -OCH3 is 1. The second kappa shape index (κ2) is 7.85. The Morgan fingerprint density at radius 2 is 2.05 bits per heavy atom. The number of carbonyl (C=O) groups excluding carboxylic acids is 1. The molecule has 112 valence electrons. The molecule has 5 heteroatoms. The number of hydrogen-bond acceptors (Lipinski definition) is 3. The number of benzene rings is 1. The maximum Gasteiger partial charge on any atom is 0.254 e. The number of nitrogens with two attached hydrogens (primary N) is 1. The standard InChI is InChI=1S/C15H23FN2O2/c1-4-12(5-2)18(9-8-17)15(19)11-6-7-14(20-3)13(16)10-11/h6-7,10,12H,4-5,8-9,17H2,1-3H3. The number of hydrogen-bond donors (Lipinski definition) is 1. The number of nitrogens with zero attached hydrogens (tertiary/aromatic N) is 1. The highest BCUT2D eigenvalue weighted by molar-refractivity contribution is 5.94. The SMILES string of the molecule is CCC(CC)N(CCN)C(=O)c1ccc(OC)c(F)c1. The summed E-state index contributed by atoms with van der Waals surface area (Å²) in [6.45, 7) is 4.92. The zero-order chi connectivity index (χ0) is 15.1. The van der Waals surface area contributed by atoms with Crippen LogP contribution in [-0.2, 0) is 0 Å². The van der Waals surface area contributed by atoms with E-state index in [0.717, 1.165) is 12.8 Å². The molecule has 0 aliphatic carbocycles. The Kier molecular flexibility index (Phi) is 6.45. The molecule has 2 N–H and O–H groups in total. The highest BCUT2D eigenvalue weighted by atomic mass is 19.1. The molecule has 0 aliphatic heterocycles. The van der Waals surface area contributed by atoms with Crippen molar-refractivity contribution in [2.45, 2.75) is 32.7 Å². The van der Waals surface area contributed by atoms with Crippen LogP contribution in [0.15, 0.2) is 18.2 Å². The molecule has 1 aromatic rings. The molecule has 0 heterocycles. The number of amides is 1. The summed E-state index contributed by atoms with van der Waals surface area (Å²) in [5.41, 5.74) is 5.90. The van der Waals surface area contributed by atoms with Crippen LogP contribution in [-0.4, -0.2) is 37.0 Å². The van der Waals surface area contributed by atoms with E-state index in [1.54, 1.807) is 11.0 Å². The lowest BCUT2D eigenvalue weighted by molar-refractivity contribution is 0.0673. The van der Waals surface area contributed by atoms with Gasteiger partial charge < -0.3 is 15.4 Å². The lowest BCUT2D eigenvalue weighted by Crippen LogP contribution is -2.42. The Morgan fingerprint density at radius 1 is 1.40 bits per heavy atom. The van der Waals surface area contributed by atoms with Crippen molar-refractivity contribution in [1.82, 2.24) is 4.90 Å².